The van der Waals surface area contributed by atoms with E-state index in [1.54, 1.807) is 41.9 Å². The fraction of sp³-hybridized carbons (Fsp3) is 0. The number of fused-ring (bicyclic) bond motifs is 1. The van der Waals surface area contributed by atoms with E-state index in [2.05, 4.69) is 15.6 Å². The number of para-hydroxylation sites is 1. The first-order chi connectivity index (χ1) is 15.5. The van der Waals surface area contributed by atoms with Crippen LogP contribution in [0.4, 0.5) is 11.4 Å². The number of hydrogen-bond donors (Lipinski definition) is 2. The van der Waals surface area contributed by atoms with Gasteiger partial charge in [-0.1, -0.05) is 24.3 Å². The maximum Gasteiger partial charge on any atom is 0.272 e. The second-order valence-corrected chi connectivity index (χ2v) is 7.62. The molecule has 4 aromatic rings. The van der Waals surface area contributed by atoms with Crippen LogP contribution >= 0.6 is 11.3 Å². The number of anilines is 1. The van der Waals surface area contributed by atoms with Crippen molar-refractivity contribution in [3.05, 3.63) is 105 Å². The number of hydrogen-bond acceptors (Lipinski definition) is 6. The van der Waals surface area contributed by atoms with Crippen LogP contribution < -0.4 is 10.6 Å². The molecule has 2 aromatic carbocycles. The predicted octanol–water partition coefficient (Wildman–Crippen LogP) is 4.61. The highest BCUT2D eigenvalue weighted by atomic mass is 32.1. The first-order valence-corrected chi connectivity index (χ1v) is 10.4. The van der Waals surface area contributed by atoms with E-state index in [0.29, 0.717) is 21.6 Å². The number of non-ortho nitro benzene ring substituents is 1. The van der Waals surface area contributed by atoms with Crippen LogP contribution in [0.3, 0.4) is 0 Å². The summed E-state index contributed by atoms with van der Waals surface area (Å²) in [6.07, 6.45) is 3.09. The molecule has 4 rings (SSSR count). The van der Waals surface area contributed by atoms with Crippen molar-refractivity contribution in [1.29, 1.82) is 0 Å². The predicted molar refractivity (Wildman–Crippen MR) is 123 cm³/mol. The van der Waals surface area contributed by atoms with Gasteiger partial charge in [0.05, 0.1) is 21.0 Å². The summed E-state index contributed by atoms with van der Waals surface area (Å²) in [4.78, 5) is 40.9. The largest absolute Gasteiger partial charge is 0.319 e. The van der Waals surface area contributed by atoms with Crippen molar-refractivity contribution >= 4 is 51.5 Å². The van der Waals surface area contributed by atoms with Crippen LogP contribution in [0.15, 0.2) is 84.0 Å². The topological polar surface area (TPSA) is 114 Å². The van der Waals surface area contributed by atoms with Gasteiger partial charge in [-0.25, -0.2) is 0 Å². The lowest BCUT2D eigenvalue weighted by molar-refractivity contribution is -0.384. The quantitative estimate of drug-likeness (QED) is 0.256. The van der Waals surface area contributed by atoms with E-state index in [4.69, 9.17) is 0 Å². The number of aromatic nitrogens is 1. The first-order valence-electron chi connectivity index (χ1n) is 9.47. The van der Waals surface area contributed by atoms with Crippen LogP contribution in [0.25, 0.3) is 17.0 Å². The second-order valence-electron chi connectivity index (χ2n) is 6.67. The van der Waals surface area contributed by atoms with Gasteiger partial charge in [0.15, 0.2) is 0 Å². The van der Waals surface area contributed by atoms with E-state index in [1.807, 2.05) is 12.1 Å². The van der Waals surface area contributed by atoms with Crippen LogP contribution in [-0.2, 0) is 4.79 Å². The summed E-state index contributed by atoms with van der Waals surface area (Å²) in [5.41, 5.74) is 1.54. The van der Waals surface area contributed by atoms with Crippen molar-refractivity contribution in [2.45, 2.75) is 0 Å². The highest BCUT2D eigenvalue weighted by Gasteiger charge is 2.17. The molecule has 0 atom stereocenters. The van der Waals surface area contributed by atoms with E-state index < -0.39 is 16.7 Å². The molecule has 8 nitrogen and oxygen atoms in total. The summed E-state index contributed by atoms with van der Waals surface area (Å²) >= 11 is 1.25. The Morgan fingerprint density at radius 2 is 1.78 bits per heavy atom. The van der Waals surface area contributed by atoms with Crippen molar-refractivity contribution in [3.63, 3.8) is 0 Å². The average molecular weight is 444 g/mol. The number of benzene rings is 2. The van der Waals surface area contributed by atoms with Gasteiger partial charge in [0.1, 0.15) is 5.70 Å². The zero-order valence-electron chi connectivity index (χ0n) is 16.5. The molecule has 2 amide bonds. The Kier molecular flexibility index (Phi) is 6.00. The Morgan fingerprint density at radius 1 is 1.00 bits per heavy atom. The summed E-state index contributed by atoms with van der Waals surface area (Å²) < 4.78 is 0. The number of carbonyl (C=O) groups is 2. The standard InChI is InChI=1S/C23H16N4O4S/c28-22(25-18-6-1-4-16-5-2-12-24-21(16)18)19(26-23(29)20-7-3-13-32-20)14-15-8-10-17(11-9-15)27(30)31/h1-14H,(H,25,28)(H,26,29). The molecule has 2 aromatic heterocycles. The molecule has 158 valence electrons. The van der Waals surface area contributed by atoms with E-state index in [-0.39, 0.29) is 11.4 Å². The van der Waals surface area contributed by atoms with Gasteiger partial charge in [-0.05, 0) is 47.4 Å². The Bertz CT molecular complexity index is 1330. The summed E-state index contributed by atoms with van der Waals surface area (Å²) in [5, 5.41) is 18.9. The van der Waals surface area contributed by atoms with Gasteiger partial charge in [-0.3, -0.25) is 24.7 Å². The fourth-order valence-electron chi connectivity index (χ4n) is 3.00. The number of pyridine rings is 1. The SMILES string of the molecule is O=C(Nc1cccc2cccnc12)C(=Cc1ccc([N+](=O)[O-])cc1)NC(=O)c1cccs1. The number of nitrogens with one attached hydrogen (secondary N) is 2. The minimum absolute atomic E-state index is 0.00909. The van der Waals surface area contributed by atoms with Gasteiger partial charge < -0.3 is 10.6 Å². The van der Waals surface area contributed by atoms with Crippen LogP contribution in [0, 0.1) is 10.1 Å². The van der Waals surface area contributed by atoms with E-state index >= 15 is 0 Å². The van der Waals surface area contributed by atoms with Crippen LogP contribution in [0.2, 0.25) is 0 Å². The number of thiophene rings is 1. The number of nitro groups is 1. The van der Waals surface area contributed by atoms with E-state index in [9.17, 15) is 19.7 Å². The molecule has 0 unspecified atom stereocenters. The lowest BCUT2D eigenvalue weighted by Gasteiger charge is -2.12. The summed E-state index contributed by atoms with van der Waals surface area (Å²) in [7, 11) is 0. The summed E-state index contributed by atoms with van der Waals surface area (Å²) in [6.45, 7) is 0. The van der Waals surface area contributed by atoms with Crippen LogP contribution in [0.5, 0.6) is 0 Å². The third-order valence-electron chi connectivity index (χ3n) is 4.53. The average Bonchev–Trinajstić information content (AvgIpc) is 3.34. The Balaban J connectivity index is 1.66. The smallest absolute Gasteiger partial charge is 0.272 e. The monoisotopic (exact) mass is 444 g/mol. The molecule has 0 saturated heterocycles. The molecule has 32 heavy (non-hydrogen) atoms. The molecule has 2 heterocycles. The number of amides is 2. The van der Waals surface area contributed by atoms with Crippen molar-refractivity contribution in [1.82, 2.24) is 10.3 Å². The molecule has 0 bridgehead atoms. The van der Waals surface area contributed by atoms with Gasteiger partial charge in [-0.15, -0.1) is 11.3 Å². The van der Waals surface area contributed by atoms with Crippen molar-refractivity contribution in [2.24, 2.45) is 0 Å². The number of nitro benzene ring substituents is 1. The van der Waals surface area contributed by atoms with Crippen molar-refractivity contribution in [2.75, 3.05) is 5.32 Å². The molecular weight excluding hydrogens is 428 g/mol. The zero-order valence-corrected chi connectivity index (χ0v) is 17.3. The highest BCUT2D eigenvalue weighted by Crippen LogP contribution is 2.22. The Morgan fingerprint density at radius 3 is 2.50 bits per heavy atom. The Hall–Kier alpha value is -4.37. The molecule has 2 N–H and O–H groups in total. The molecular formula is C23H16N4O4S. The van der Waals surface area contributed by atoms with Gasteiger partial charge in [0.25, 0.3) is 17.5 Å². The number of nitrogens with zero attached hydrogens (tertiary/aromatic N) is 2. The first kappa shape index (κ1) is 20.9. The van der Waals surface area contributed by atoms with E-state index in [1.165, 1.54) is 41.7 Å². The number of rotatable bonds is 6. The molecule has 0 spiro atoms. The molecule has 9 heteroatoms. The molecule has 0 aliphatic rings. The lowest BCUT2D eigenvalue weighted by Crippen LogP contribution is -2.30. The summed E-state index contributed by atoms with van der Waals surface area (Å²) in [6, 6.07) is 18.1. The fourth-order valence-corrected chi connectivity index (χ4v) is 3.62. The van der Waals surface area contributed by atoms with E-state index in [0.717, 1.165) is 5.39 Å². The normalized spacial score (nSPS) is 11.2. The van der Waals surface area contributed by atoms with Gasteiger partial charge in [0.2, 0.25) is 0 Å². The zero-order chi connectivity index (χ0) is 22.5. The molecule has 0 saturated carbocycles. The maximum absolute atomic E-state index is 13.1. The minimum atomic E-state index is -0.550. The minimum Gasteiger partial charge on any atom is -0.319 e. The van der Waals surface area contributed by atoms with Crippen LogP contribution in [-0.4, -0.2) is 21.7 Å². The number of carbonyl (C=O) groups excluding carboxylic acids is 2. The van der Waals surface area contributed by atoms with Crippen molar-refractivity contribution < 1.29 is 14.5 Å². The van der Waals surface area contributed by atoms with Crippen molar-refractivity contribution in [3.8, 4) is 0 Å². The van der Waals surface area contributed by atoms with Gasteiger partial charge in [0, 0.05) is 23.7 Å². The molecule has 0 radical (unpaired) electrons. The van der Waals surface area contributed by atoms with Gasteiger partial charge in [-0.2, -0.15) is 0 Å². The Labute approximate surface area is 186 Å². The molecule has 0 aliphatic carbocycles. The third kappa shape index (κ3) is 4.68. The highest BCUT2D eigenvalue weighted by molar-refractivity contribution is 7.12. The maximum atomic E-state index is 13.1. The molecule has 0 fully saturated rings. The molecule has 0 aliphatic heterocycles. The van der Waals surface area contributed by atoms with Crippen LogP contribution in [0.1, 0.15) is 15.2 Å². The summed E-state index contributed by atoms with van der Waals surface area (Å²) in [5.74, 6) is -0.981. The van der Waals surface area contributed by atoms with Gasteiger partial charge >= 0.3 is 0 Å². The third-order valence-corrected chi connectivity index (χ3v) is 5.40. The lowest BCUT2D eigenvalue weighted by atomic mass is 10.1. The second kappa shape index (κ2) is 9.19.